The predicted molar refractivity (Wildman–Crippen MR) is 101 cm³/mol. The second-order valence-electron chi connectivity index (χ2n) is 6.04. The molecule has 1 N–H and O–H groups in total. The summed E-state index contributed by atoms with van der Waals surface area (Å²) in [6, 6.07) is 13.8. The van der Waals surface area contributed by atoms with Crippen LogP contribution >= 0.6 is 15.9 Å². The molecule has 0 aliphatic rings. The molecule has 0 aliphatic heterocycles. The number of aryl methyl sites for hydroxylation is 2. The van der Waals surface area contributed by atoms with Crippen molar-refractivity contribution in [2.75, 3.05) is 0 Å². The summed E-state index contributed by atoms with van der Waals surface area (Å²) in [5.74, 6) is 0.574. The van der Waals surface area contributed by atoms with E-state index in [9.17, 15) is 4.79 Å². The number of nitrogens with one attached hydrogen (secondary N) is 1. The summed E-state index contributed by atoms with van der Waals surface area (Å²) in [6.45, 7) is 8.00. The third-order valence-corrected chi connectivity index (χ3v) is 4.55. The van der Waals surface area contributed by atoms with E-state index in [1.165, 1.54) is 11.1 Å². The minimum atomic E-state index is -0.550. The van der Waals surface area contributed by atoms with E-state index in [1.807, 2.05) is 24.3 Å². The van der Waals surface area contributed by atoms with Gasteiger partial charge >= 0.3 is 0 Å². The highest BCUT2D eigenvalue weighted by atomic mass is 79.9. The van der Waals surface area contributed by atoms with Crippen LogP contribution in [0.4, 0.5) is 0 Å². The van der Waals surface area contributed by atoms with Gasteiger partial charge in [0.15, 0.2) is 6.10 Å². The van der Waals surface area contributed by atoms with E-state index in [0.29, 0.717) is 5.75 Å². The van der Waals surface area contributed by atoms with Gasteiger partial charge in [-0.2, -0.15) is 0 Å². The summed E-state index contributed by atoms with van der Waals surface area (Å²) >= 11 is 3.39. The maximum absolute atomic E-state index is 12.5. The molecule has 2 atom stereocenters. The van der Waals surface area contributed by atoms with E-state index in [2.05, 4.69) is 60.2 Å². The summed E-state index contributed by atoms with van der Waals surface area (Å²) in [7, 11) is 0. The van der Waals surface area contributed by atoms with Gasteiger partial charge in [-0.3, -0.25) is 4.79 Å². The molecule has 2 rings (SSSR count). The van der Waals surface area contributed by atoms with Gasteiger partial charge < -0.3 is 10.1 Å². The van der Waals surface area contributed by atoms with E-state index in [4.69, 9.17) is 4.74 Å². The summed E-state index contributed by atoms with van der Waals surface area (Å²) in [5.41, 5.74) is 3.58. The zero-order valence-corrected chi connectivity index (χ0v) is 16.2. The first kappa shape index (κ1) is 18.5. The Morgan fingerprint density at radius 1 is 1.17 bits per heavy atom. The zero-order chi connectivity index (χ0) is 17.7. The average molecular weight is 390 g/mol. The van der Waals surface area contributed by atoms with E-state index in [-0.39, 0.29) is 11.9 Å². The number of ether oxygens (including phenoxy) is 1. The van der Waals surface area contributed by atoms with E-state index < -0.39 is 6.10 Å². The number of hydrogen-bond acceptors (Lipinski definition) is 2. The smallest absolute Gasteiger partial charge is 0.261 e. The fourth-order valence-corrected chi connectivity index (χ4v) is 2.94. The van der Waals surface area contributed by atoms with Crippen molar-refractivity contribution < 1.29 is 9.53 Å². The highest BCUT2D eigenvalue weighted by Crippen LogP contribution is 2.22. The molecule has 0 bridgehead atoms. The molecule has 0 heterocycles. The summed E-state index contributed by atoms with van der Waals surface area (Å²) in [5, 5.41) is 3.10. The molecule has 3 nitrogen and oxygen atoms in total. The lowest BCUT2D eigenvalue weighted by atomic mass is 9.97. The van der Waals surface area contributed by atoms with Gasteiger partial charge in [0.05, 0.1) is 6.04 Å². The first-order valence-electron chi connectivity index (χ1n) is 8.20. The summed E-state index contributed by atoms with van der Waals surface area (Å²) < 4.78 is 6.71. The maximum Gasteiger partial charge on any atom is 0.261 e. The van der Waals surface area contributed by atoms with Crippen molar-refractivity contribution in [2.24, 2.45) is 0 Å². The molecule has 24 heavy (non-hydrogen) atoms. The summed E-state index contributed by atoms with van der Waals surface area (Å²) in [6.07, 6.45) is 0.284. The zero-order valence-electron chi connectivity index (χ0n) is 14.6. The van der Waals surface area contributed by atoms with Gasteiger partial charge in [-0.25, -0.2) is 0 Å². The highest BCUT2D eigenvalue weighted by molar-refractivity contribution is 9.10. The van der Waals surface area contributed by atoms with Gasteiger partial charge in [0, 0.05) is 4.47 Å². The van der Waals surface area contributed by atoms with Crippen molar-refractivity contribution in [1.82, 2.24) is 5.32 Å². The molecule has 2 aromatic rings. The van der Waals surface area contributed by atoms with Crippen LogP contribution < -0.4 is 10.1 Å². The molecule has 2 aromatic carbocycles. The van der Waals surface area contributed by atoms with Gasteiger partial charge in [-0.1, -0.05) is 46.6 Å². The van der Waals surface area contributed by atoms with Crippen molar-refractivity contribution in [1.29, 1.82) is 0 Å². The van der Waals surface area contributed by atoms with E-state index >= 15 is 0 Å². The topological polar surface area (TPSA) is 38.3 Å². The third-order valence-electron chi connectivity index (χ3n) is 4.02. The number of rotatable bonds is 6. The lowest BCUT2D eigenvalue weighted by molar-refractivity contribution is -0.128. The molecular formula is C20H24BrNO2. The normalized spacial score (nSPS) is 13.2. The van der Waals surface area contributed by atoms with Crippen LogP contribution in [0.15, 0.2) is 46.9 Å². The van der Waals surface area contributed by atoms with Crippen LogP contribution in [-0.4, -0.2) is 12.0 Å². The number of amides is 1. The monoisotopic (exact) mass is 389 g/mol. The SMILES string of the molecule is CC[C@H](NC(=O)[C@@H](C)Oc1ccc(Br)cc1)c1ccc(C)cc1C. The molecule has 1 amide bonds. The van der Waals surface area contributed by atoms with Crippen molar-refractivity contribution >= 4 is 21.8 Å². The van der Waals surface area contributed by atoms with Crippen LogP contribution in [0.25, 0.3) is 0 Å². The molecule has 0 spiro atoms. The van der Waals surface area contributed by atoms with Crippen molar-refractivity contribution in [2.45, 2.75) is 46.3 Å². The Kier molecular flexibility index (Phi) is 6.44. The number of carbonyl (C=O) groups excluding carboxylic acids is 1. The average Bonchev–Trinajstić information content (AvgIpc) is 2.55. The Balaban J connectivity index is 2.04. The molecule has 0 saturated heterocycles. The number of carbonyl (C=O) groups is 1. The van der Waals surface area contributed by atoms with Crippen LogP contribution in [0.2, 0.25) is 0 Å². The minimum Gasteiger partial charge on any atom is -0.481 e. The van der Waals surface area contributed by atoms with Crippen LogP contribution in [0, 0.1) is 13.8 Å². The molecule has 0 fully saturated rings. The Hall–Kier alpha value is -1.81. The summed E-state index contributed by atoms with van der Waals surface area (Å²) in [4.78, 5) is 12.5. The molecule has 0 saturated carbocycles. The molecular weight excluding hydrogens is 366 g/mol. The Morgan fingerprint density at radius 3 is 2.42 bits per heavy atom. The lowest BCUT2D eigenvalue weighted by Gasteiger charge is -2.22. The van der Waals surface area contributed by atoms with Gasteiger partial charge in [-0.05, 0) is 62.6 Å². The van der Waals surface area contributed by atoms with E-state index in [0.717, 1.165) is 16.5 Å². The van der Waals surface area contributed by atoms with E-state index in [1.54, 1.807) is 6.92 Å². The molecule has 4 heteroatoms. The second-order valence-corrected chi connectivity index (χ2v) is 6.96. The molecule has 0 aliphatic carbocycles. The quantitative estimate of drug-likeness (QED) is 0.745. The first-order chi connectivity index (χ1) is 11.4. The third kappa shape index (κ3) is 4.84. The lowest BCUT2D eigenvalue weighted by Crippen LogP contribution is -2.38. The molecule has 0 aromatic heterocycles. The van der Waals surface area contributed by atoms with Crippen LogP contribution in [0.5, 0.6) is 5.75 Å². The maximum atomic E-state index is 12.5. The predicted octanol–water partition coefficient (Wildman–Crippen LogP) is 5.10. The Morgan fingerprint density at radius 2 is 1.83 bits per heavy atom. The van der Waals surface area contributed by atoms with Crippen molar-refractivity contribution in [3.05, 3.63) is 63.6 Å². The fraction of sp³-hybridized carbons (Fsp3) is 0.350. The number of hydrogen-bond donors (Lipinski definition) is 1. The molecule has 0 unspecified atom stereocenters. The number of halogens is 1. The van der Waals surface area contributed by atoms with Crippen LogP contribution in [0.3, 0.4) is 0 Å². The van der Waals surface area contributed by atoms with Gasteiger partial charge in [0.2, 0.25) is 0 Å². The molecule has 0 radical (unpaired) electrons. The number of benzene rings is 2. The Labute approximate surface area is 152 Å². The van der Waals surface area contributed by atoms with Crippen LogP contribution in [0.1, 0.15) is 43.0 Å². The van der Waals surface area contributed by atoms with Gasteiger partial charge in [-0.15, -0.1) is 0 Å². The highest BCUT2D eigenvalue weighted by Gasteiger charge is 2.20. The Bertz CT molecular complexity index is 697. The largest absolute Gasteiger partial charge is 0.481 e. The fourth-order valence-electron chi connectivity index (χ4n) is 2.68. The van der Waals surface area contributed by atoms with Crippen molar-refractivity contribution in [3.8, 4) is 5.75 Å². The minimum absolute atomic E-state index is 0.00549. The van der Waals surface area contributed by atoms with Crippen molar-refractivity contribution in [3.63, 3.8) is 0 Å². The first-order valence-corrected chi connectivity index (χ1v) is 8.99. The van der Waals surface area contributed by atoms with Gasteiger partial charge in [0.25, 0.3) is 5.91 Å². The van der Waals surface area contributed by atoms with Crippen LogP contribution in [-0.2, 0) is 4.79 Å². The molecule has 128 valence electrons. The standard InChI is InChI=1S/C20H24BrNO2/c1-5-19(18-11-6-13(2)12-14(18)3)22-20(23)15(4)24-17-9-7-16(21)8-10-17/h6-12,15,19H,5H2,1-4H3,(H,22,23)/t15-,19+/m1/s1. The second kappa shape index (κ2) is 8.34. The van der Waals surface area contributed by atoms with Gasteiger partial charge in [0.1, 0.15) is 5.75 Å².